The minimum Gasteiger partial charge on any atom is -0.484 e. The van der Waals surface area contributed by atoms with E-state index < -0.39 is 11.8 Å². The monoisotopic (exact) mass is 455 g/mol. The zero-order valence-corrected chi connectivity index (χ0v) is 16.8. The molecule has 6 nitrogen and oxygen atoms in total. The van der Waals surface area contributed by atoms with Crippen LogP contribution in [0.2, 0.25) is 5.02 Å². The van der Waals surface area contributed by atoms with Crippen molar-refractivity contribution in [2.75, 3.05) is 6.61 Å². The van der Waals surface area contributed by atoms with Crippen LogP contribution in [-0.4, -0.2) is 23.5 Å². The number of hydrazine groups is 1. The molecule has 2 aromatic rings. The Labute approximate surface area is 169 Å². The second kappa shape index (κ2) is 9.51. The Morgan fingerprint density at radius 3 is 2.62 bits per heavy atom. The van der Waals surface area contributed by atoms with Crippen molar-refractivity contribution in [1.82, 2.24) is 16.2 Å². The highest BCUT2D eigenvalue weighted by atomic mass is 79.9. The molecule has 0 unspecified atom stereocenters. The first kappa shape index (κ1) is 20.2. The number of ether oxygens (including phenoxy) is 1. The first-order chi connectivity index (χ1) is 12.4. The lowest BCUT2D eigenvalue weighted by molar-refractivity contribution is -0.121. The van der Waals surface area contributed by atoms with Gasteiger partial charge >= 0.3 is 0 Å². The summed E-state index contributed by atoms with van der Waals surface area (Å²) in [5.41, 5.74) is 6.06. The molecule has 0 aromatic heterocycles. The van der Waals surface area contributed by atoms with E-state index in [1.54, 1.807) is 36.4 Å². The van der Waals surface area contributed by atoms with Gasteiger partial charge in [0.2, 0.25) is 0 Å². The van der Waals surface area contributed by atoms with Gasteiger partial charge in [-0.1, -0.05) is 39.7 Å². The van der Waals surface area contributed by atoms with Gasteiger partial charge in [-0.15, -0.1) is 0 Å². The number of rotatable bonds is 4. The van der Waals surface area contributed by atoms with Crippen molar-refractivity contribution in [3.63, 3.8) is 0 Å². The van der Waals surface area contributed by atoms with Crippen molar-refractivity contribution in [1.29, 1.82) is 0 Å². The minimum absolute atomic E-state index is 0.0639. The first-order valence-electron chi connectivity index (χ1n) is 7.40. The van der Waals surface area contributed by atoms with Gasteiger partial charge in [-0.25, -0.2) is 0 Å². The summed E-state index contributed by atoms with van der Waals surface area (Å²) in [5.74, 6) is -0.379. The largest absolute Gasteiger partial charge is 0.484 e. The molecule has 0 radical (unpaired) electrons. The average molecular weight is 457 g/mol. The maximum atomic E-state index is 12.0. The van der Waals surface area contributed by atoms with Crippen molar-refractivity contribution >= 4 is 56.7 Å². The van der Waals surface area contributed by atoms with E-state index in [1.165, 1.54) is 0 Å². The van der Waals surface area contributed by atoms with Crippen LogP contribution in [0.15, 0.2) is 46.9 Å². The smallest absolute Gasteiger partial charge is 0.271 e. The van der Waals surface area contributed by atoms with Crippen molar-refractivity contribution < 1.29 is 14.3 Å². The van der Waals surface area contributed by atoms with Crippen LogP contribution in [0.5, 0.6) is 5.75 Å². The lowest BCUT2D eigenvalue weighted by Gasteiger charge is -2.12. The van der Waals surface area contributed by atoms with Crippen molar-refractivity contribution in [3.8, 4) is 5.75 Å². The van der Waals surface area contributed by atoms with Crippen molar-refractivity contribution in [2.45, 2.75) is 6.92 Å². The standard InChI is InChI=1S/C17H15BrClN3O3S/c1-10-8-11(6-7-13(10)18)25-9-15(23)20-17(26)22-21-16(24)12-4-2-3-5-14(12)19/h2-8H,9H2,1H3,(H,21,24)(H2,20,22,23,26). The summed E-state index contributed by atoms with van der Waals surface area (Å²) in [7, 11) is 0. The van der Waals surface area contributed by atoms with Crippen LogP contribution < -0.4 is 20.9 Å². The molecule has 2 aromatic carbocycles. The highest BCUT2D eigenvalue weighted by molar-refractivity contribution is 9.10. The molecular weight excluding hydrogens is 442 g/mol. The Balaban J connectivity index is 1.76. The third-order valence-electron chi connectivity index (χ3n) is 3.16. The molecule has 3 N–H and O–H groups in total. The molecule has 26 heavy (non-hydrogen) atoms. The molecule has 0 aliphatic carbocycles. The van der Waals surface area contributed by atoms with E-state index >= 15 is 0 Å². The van der Waals surface area contributed by atoms with Gasteiger partial charge in [0, 0.05) is 4.47 Å². The molecule has 0 bridgehead atoms. The molecule has 0 aliphatic heterocycles. The number of carbonyl (C=O) groups is 2. The summed E-state index contributed by atoms with van der Waals surface area (Å²) < 4.78 is 6.34. The quantitative estimate of drug-likeness (QED) is 0.487. The van der Waals surface area contributed by atoms with Gasteiger partial charge in [0.05, 0.1) is 10.6 Å². The summed E-state index contributed by atoms with van der Waals surface area (Å²) in [5, 5.41) is 2.64. The number of hydrogen-bond acceptors (Lipinski definition) is 4. The Kier molecular flexibility index (Phi) is 7.38. The van der Waals surface area contributed by atoms with Gasteiger partial charge in [-0.2, -0.15) is 0 Å². The van der Waals surface area contributed by atoms with Gasteiger partial charge in [0.1, 0.15) is 5.75 Å². The normalized spacial score (nSPS) is 9.96. The second-order valence-electron chi connectivity index (χ2n) is 5.14. The fraction of sp³-hybridized carbons (Fsp3) is 0.118. The van der Waals surface area contributed by atoms with Crippen LogP contribution in [0.25, 0.3) is 0 Å². The van der Waals surface area contributed by atoms with E-state index in [0.717, 1.165) is 10.0 Å². The summed E-state index contributed by atoms with van der Waals surface area (Å²) >= 11 is 14.3. The number of aryl methyl sites for hydroxylation is 1. The molecule has 0 saturated heterocycles. The summed E-state index contributed by atoms with van der Waals surface area (Å²) in [6.45, 7) is 1.69. The number of benzene rings is 2. The maximum Gasteiger partial charge on any atom is 0.271 e. The molecular formula is C17H15BrClN3O3S. The topological polar surface area (TPSA) is 79.5 Å². The van der Waals surface area contributed by atoms with Crippen LogP contribution in [0.3, 0.4) is 0 Å². The predicted octanol–water partition coefficient (Wildman–Crippen LogP) is 3.13. The third-order valence-corrected chi connectivity index (χ3v) is 4.58. The predicted molar refractivity (Wildman–Crippen MR) is 107 cm³/mol. The molecule has 136 valence electrons. The van der Waals surface area contributed by atoms with E-state index in [2.05, 4.69) is 32.1 Å². The zero-order valence-electron chi connectivity index (χ0n) is 13.6. The number of hydrogen-bond donors (Lipinski definition) is 3. The maximum absolute atomic E-state index is 12.0. The lowest BCUT2D eigenvalue weighted by atomic mass is 10.2. The molecule has 0 atom stereocenters. The fourth-order valence-corrected chi connectivity index (χ4v) is 2.51. The number of amides is 2. The molecule has 0 spiro atoms. The number of thiocarbonyl (C=S) groups is 1. The summed E-state index contributed by atoms with van der Waals surface area (Å²) in [6.07, 6.45) is 0. The highest BCUT2D eigenvalue weighted by Crippen LogP contribution is 2.21. The van der Waals surface area contributed by atoms with Crippen LogP contribution in [0.4, 0.5) is 0 Å². The second-order valence-corrected chi connectivity index (χ2v) is 6.81. The Bertz CT molecular complexity index is 848. The molecule has 2 rings (SSSR count). The summed E-state index contributed by atoms with van der Waals surface area (Å²) in [4.78, 5) is 23.8. The molecule has 0 fully saturated rings. The zero-order chi connectivity index (χ0) is 19.1. The summed E-state index contributed by atoms with van der Waals surface area (Å²) in [6, 6.07) is 11.9. The van der Waals surface area contributed by atoms with Gasteiger partial charge in [0.15, 0.2) is 11.7 Å². The van der Waals surface area contributed by atoms with Crippen LogP contribution in [0.1, 0.15) is 15.9 Å². The molecule has 0 aliphatic rings. The van der Waals surface area contributed by atoms with Gasteiger partial charge < -0.3 is 4.74 Å². The van der Waals surface area contributed by atoms with E-state index in [-0.39, 0.29) is 17.3 Å². The lowest BCUT2D eigenvalue weighted by Crippen LogP contribution is -2.49. The molecule has 0 saturated carbocycles. The number of carbonyl (C=O) groups excluding carboxylic acids is 2. The first-order valence-corrected chi connectivity index (χ1v) is 8.98. The van der Waals surface area contributed by atoms with Crippen molar-refractivity contribution in [3.05, 3.63) is 63.1 Å². The number of halogens is 2. The van der Waals surface area contributed by atoms with Crippen LogP contribution >= 0.6 is 39.7 Å². The van der Waals surface area contributed by atoms with Gasteiger partial charge in [0.25, 0.3) is 11.8 Å². The van der Waals surface area contributed by atoms with Crippen molar-refractivity contribution in [2.24, 2.45) is 0 Å². The Hall–Kier alpha value is -2.16. The SMILES string of the molecule is Cc1cc(OCC(=O)NC(=S)NNC(=O)c2ccccc2Cl)ccc1Br. The van der Waals surface area contributed by atoms with Crippen LogP contribution in [0, 0.1) is 6.92 Å². The Morgan fingerprint density at radius 1 is 1.19 bits per heavy atom. The van der Waals surface area contributed by atoms with E-state index in [1.807, 2.05) is 13.0 Å². The third kappa shape index (κ3) is 5.98. The molecule has 0 heterocycles. The Morgan fingerprint density at radius 2 is 1.92 bits per heavy atom. The minimum atomic E-state index is -0.478. The molecule has 2 amide bonds. The van der Waals surface area contributed by atoms with Gasteiger partial charge in [-0.3, -0.25) is 25.8 Å². The fourth-order valence-electron chi connectivity index (χ4n) is 1.88. The van der Waals surface area contributed by atoms with E-state index in [0.29, 0.717) is 10.8 Å². The average Bonchev–Trinajstić information content (AvgIpc) is 2.61. The number of nitrogens with one attached hydrogen (secondary N) is 3. The van der Waals surface area contributed by atoms with E-state index in [9.17, 15) is 9.59 Å². The van der Waals surface area contributed by atoms with Gasteiger partial charge in [-0.05, 0) is 55.0 Å². The molecule has 9 heteroatoms. The van der Waals surface area contributed by atoms with E-state index in [4.69, 9.17) is 28.6 Å². The van der Waals surface area contributed by atoms with Crippen LogP contribution in [-0.2, 0) is 4.79 Å². The highest BCUT2D eigenvalue weighted by Gasteiger charge is 2.11.